The highest BCUT2D eigenvalue weighted by Crippen LogP contribution is 2.40. The first kappa shape index (κ1) is 16.2. The monoisotopic (exact) mass is 314 g/mol. The third-order valence-corrected chi connectivity index (χ3v) is 4.17. The maximum atomic E-state index is 6.54. The van der Waals surface area contributed by atoms with Crippen LogP contribution in [0.4, 0.5) is 0 Å². The SMILES string of the molecule is CC=CCOC(c1ccccc1)(c1ccccc1)c1ccccc1. The van der Waals surface area contributed by atoms with Gasteiger partial charge in [0, 0.05) is 0 Å². The lowest BCUT2D eigenvalue weighted by atomic mass is 9.80. The van der Waals surface area contributed by atoms with Crippen LogP contribution in [0.3, 0.4) is 0 Å². The Labute approximate surface area is 144 Å². The van der Waals surface area contributed by atoms with Crippen molar-refractivity contribution in [3.05, 3.63) is 120 Å². The van der Waals surface area contributed by atoms with Crippen molar-refractivity contribution in [2.45, 2.75) is 12.5 Å². The molecular formula is C23H22O. The molecule has 0 fully saturated rings. The molecule has 0 N–H and O–H groups in total. The summed E-state index contributed by atoms with van der Waals surface area (Å²) in [5.41, 5.74) is 2.77. The van der Waals surface area contributed by atoms with Crippen molar-refractivity contribution in [2.24, 2.45) is 0 Å². The highest BCUT2D eigenvalue weighted by Gasteiger charge is 2.37. The lowest BCUT2D eigenvalue weighted by molar-refractivity contribution is 0.0319. The van der Waals surface area contributed by atoms with E-state index < -0.39 is 5.60 Å². The summed E-state index contributed by atoms with van der Waals surface area (Å²) < 4.78 is 6.54. The van der Waals surface area contributed by atoms with Gasteiger partial charge in [0.15, 0.2) is 0 Å². The van der Waals surface area contributed by atoms with Gasteiger partial charge >= 0.3 is 0 Å². The van der Waals surface area contributed by atoms with Gasteiger partial charge in [0.05, 0.1) is 6.61 Å². The summed E-state index contributed by atoms with van der Waals surface area (Å²) in [4.78, 5) is 0. The Morgan fingerprint density at radius 3 is 1.38 bits per heavy atom. The van der Waals surface area contributed by atoms with Gasteiger partial charge < -0.3 is 4.74 Å². The molecule has 0 spiro atoms. The average Bonchev–Trinajstić information content (AvgIpc) is 2.68. The molecule has 0 aliphatic carbocycles. The molecule has 0 radical (unpaired) electrons. The van der Waals surface area contributed by atoms with Crippen LogP contribution in [0.25, 0.3) is 0 Å². The fraction of sp³-hybridized carbons (Fsp3) is 0.130. The van der Waals surface area contributed by atoms with Crippen molar-refractivity contribution >= 4 is 0 Å². The minimum absolute atomic E-state index is 0.551. The molecule has 24 heavy (non-hydrogen) atoms. The minimum atomic E-state index is -0.622. The number of benzene rings is 3. The van der Waals surface area contributed by atoms with E-state index in [0.29, 0.717) is 6.61 Å². The Bertz CT molecular complexity index is 664. The molecule has 120 valence electrons. The van der Waals surface area contributed by atoms with E-state index >= 15 is 0 Å². The van der Waals surface area contributed by atoms with Crippen molar-refractivity contribution in [1.82, 2.24) is 0 Å². The Balaban J connectivity index is 2.24. The fourth-order valence-corrected chi connectivity index (χ4v) is 3.04. The van der Waals surface area contributed by atoms with E-state index in [-0.39, 0.29) is 0 Å². The maximum Gasteiger partial charge on any atom is 0.144 e. The molecule has 0 amide bonds. The van der Waals surface area contributed by atoms with Gasteiger partial charge in [-0.25, -0.2) is 0 Å². The van der Waals surface area contributed by atoms with E-state index in [4.69, 9.17) is 4.74 Å². The predicted octanol–water partition coefficient (Wildman–Crippen LogP) is 5.57. The largest absolute Gasteiger partial charge is 0.357 e. The summed E-state index contributed by atoms with van der Waals surface area (Å²) in [7, 11) is 0. The van der Waals surface area contributed by atoms with Gasteiger partial charge in [0.1, 0.15) is 5.60 Å². The number of rotatable bonds is 6. The molecule has 0 aliphatic rings. The normalized spacial score (nSPS) is 11.7. The maximum absolute atomic E-state index is 6.54. The van der Waals surface area contributed by atoms with E-state index in [1.54, 1.807) is 0 Å². The van der Waals surface area contributed by atoms with Gasteiger partial charge in [-0.2, -0.15) is 0 Å². The second-order valence-electron chi connectivity index (χ2n) is 5.66. The third kappa shape index (κ3) is 3.17. The van der Waals surface area contributed by atoms with Gasteiger partial charge in [-0.1, -0.05) is 103 Å². The lowest BCUT2D eigenvalue weighted by Crippen LogP contribution is -2.33. The van der Waals surface area contributed by atoms with Crippen molar-refractivity contribution in [2.75, 3.05) is 6.61 Å². The molecule has 3 rings (SSSR count). The van der Waals surface area contributed by atoms with E-state index in [1.165, 1.54) is 0 Å². The van der Waals surface area contributed by atoms with Crippen molar-refractivity contribution in [3.8, 4) is 0 Å². The molecule has 1 nitrogen and oxygen atoms in total. The van der Waals surface area contributed by atoms with Gasteiger partial charge in [-0.3, -0.25) is 0 Å². The van der Waals surface area contributed by atoms with Gasteiger partial charge in [-0.05, 0) is 23.6 Å². The molecule has 0 saturated heterocycles. The first-order valence-electron chi connectivity index (χ1n) is 8.29. The standard InChI is InChI=1S/C23H22O/c1-2-3-19-24-23(20-13-7-4-8-14-20,21-15-9-5-10-16-21)22-17-11-6-12-18-22/h2-18H,19H2,1H3. The summed E-state index contributed by atoms with van der Waals surface area (Å²) in [6, 6.07) is 31.3. The van der Waals surface area contributed by atoms with Crippen molar-refractivity contribution < 1.29 is 4.74 Å². The average molecular weight is 314 g/mol. The van der Waals surface area contributed by atoms with Crippen LogP contribution >= 0.6 is 0 Å². The molecule has 0 aliphatic heterocycles. The van der Waals surface area contributed by atoms with Crippen LogP contribution in [0.5, 0.6) is 0 Å². The molecule has 0 atom stereocenters. The summed E-state index contributed by atoms with van der Waals surface area (Å²) in [6.07, 6.45) is 4.06. The Morgan fingerprint density at radius 1 is 0.667 bits per heavy atom. The number of allylic oxidation sites excluding steroid dienone is 1. The highest BCUT2D eigenvalue weighted by atomic mass is 16.5. The van der Waals surface area contributed by atoms with Crippen LogP contribution in [-0.2, 0) is 10.3 Å². The zero-order valence-corrected chi connectivity index (χ0v) is 13.9. The summed E-state index contributed by atoms with van der Waals surface area (Å²) in [5.74, 6) is 0. The number of hydrogen-bond acceptors (Lipinski definition) is 1. The van der Waals surface area contributed by atoms with Gasteiger partial charge in [0.2, 0.25) is 0 Å². The van der Waals surface area contributed by atoms with E-state index in [1.807, 2.05) is 37.3 Å². The molecular weight excluding hydrogens is 292 g/mol. The van der Waals surface area contributed by atoms with Crippen molar-refractivity contribution in [3.63, 3.8) is 0 Å². The summed E-state index contributed by atoms with van der Waals surface area (Å²) in [6.45, 7) is 2.56. The zero-order chi connectivity index (χ0) is 16.7. The van der Waals surface area contributed by atoms with Crippen LogP contribution in [0.15, 0.2) is 103 Å². The third-order valence-electron chi connectivity index (χ3n) is 4.17. The van der Waals surface area contributed by atoms with E-state index in [2.05, 4.69) is 72.8 Å². The van der Waals surface area contributed by atoms with Gasteiger partial charge in [-0.15, -0.1) is 0 Å². The first-order chi connectivity index (χ1) is 11.9. The van der Waals surface area contributed by atoms with Crippen LogP contribution in [-0.4, -0.2) is 6.61 Å². The molecule has 0 unspecified atom stereocenters. The quantitative estimate of drug-likeness (QED) is 0.427. The van der Waals surface area contributed by atoms with Crippen LogP contribution in [0.1, 0.15) is 23.6 Å². The molecule has 0 saturated carbocycles. The summed E-state index contributed by atoms with van der Waals surface area (Å²) in [5, 5.41) is 0. The number of ether oxygens (including phenoxy) is 1. The molecule has 0 bridgehead atoms. The lowest BCUT2D eigenvalue weighted by Gasteiger charge is -2.35. The predicted molar refractivity (Wildman–Crippen MR) is 100.0 cm³/mol. The van der Waals surface area contributed by atoms with E-state index in [0.717, 1.165) is 16.7 Å². The Morgan fingerprint density at radius 2 is 1.04 bits per heavy atom. The van der Waals surface area contributed by atoms with E-state index in [9.17, 15) is 0 Å². The molecule has 3 aromatic rings. The van der Waals surface area contributed by atoms with Crippen LogP contribution in [0, 0.1) is 0 Å². The fourth-order valence-electron chi connectivity index (χ4n) is 3.04. The molecule has 0 aromatic heterocycles. The highest BCUT2D eigenvalue weighted by molar-refractivity contribution is 5.47. The zero-order valence-electron chi connectivity index (χ0n) is 13.9. The molecule has 0 heterocycles. The van der Waals surface area contributed by atoms with Crippen LogP contribution in [0.2, 0.25) is 0 Å². The first-order valence-corrected chi connectivity index (χ1v) is 8.29. The van der Waals surface area contributed by atoms with Crippen molar-refractivity contribution in [1.29, 1.82) is 0 Å². The minimum Gasteiger partial charge on any atom is -0.357 e. The van der Waals surface area contributed by atoms with Gasteiger partial charge in [0.25, 0.3) is 0 Å². The summed E-state index contributed by atoms with van der Waals surface area (Å²) >= 11 is 0. The number of hydrogen-bond donors (Lipinski definition) is 0. The van der Waals surface area contributed by atoms with Crippen LogP contribution < -0.4 is 0 Å². The molecule has 1 heteroatoms. The smallest absolute Gasteiger partial charge is 0.144 e. The Hall–Kier alpha value is -2.64. The topological polar surface area (TPSA) is 9.23 Å². The molecule has 3 aromatic carbocycles. The second kappa shape index (κ2) is 7.76. The Kier molecular flexibility index (Phi) is 5.25. The second-order valence-corrected chi connectivity index (χ2v) is 5.66.